The number of aromatic nitrogens is 3. The number of amides is 1. The Morgan fingerprint density at radius 3 is 2.68 bits per heavy atom. The molecular weight excluding hydrogens is 280 g/mol. The lowest BCUT2D eigenvalue weighted by Crippen LogP contribution is -2.12. The highest BCUT2D eigenvalue weighted by Gasteiger charge is 2.14. The van der Waals surface area contributed by atoms with Gasteiger partial charge in [0.05, 0.1) is 23.6 Å². The second-order valence-electron chi connectivity index (χ2n) is 5.60. The van der Waals surface area contributed by atoms with Gasteiger partial charge in [-0.2, -0.15) is 5.10 Å². The van der Waals surface area contributed by atoms with Gasteiger partial charge in [0.2, 0.25) is 0 Å². The first kappa shape index (κ1) is 14.3. The number of rotatable bonds is 3. The number of hydrogen-bond acceptors (Lipinski definition) is 4. The molecule has 0 aliphatic heterocycles. The molecule has 0 saturated carbocycles. The van der Waals surface area contributed by atoms with Crippen LogP contribution in [0.4, 0.5) is 5.69 Å². The first-order valence-corrected chi connectivity index (χ1v) is 7.17. The van der Waals surface area contributed by atoms with Crippen LogP contribution >= 0.6 is 0 Å². The number of fused-ring (bicyclic) bond motifs is 1. The zero-order chi connectivity index (χ0) is 15.9. The van der Waals surface area contributed by atoms with Crippen molar-refractivity contribution in [3.8, 4) is 0 Å². The molecule has 0 aliphatic carbocycles. The minimum Gasteiger partial charge on any atom is -0.466 e. The van der Waals surface area contributed by atoms with Gasteiger partial charge in [-0.15, -0.1) is 0 Å². The Labute approximate surface area is 128 Å². The summed E-state index contributed by atoms with van der Waals surface area (Å²) in [5.41, 5.74) is 1.98. The summed E-state index contributed by atoms with van der Waals surface area (Å²) in [6.07, 6.45) is 3.40. The minimum atomic E-state index is -0.202. The molecule has 0 fully saturated rings. The lowest BCUT2D eigenvalue weighted by molar-refractivity contribution is 0.102. The molecule has 22 heavy (non-hydrogen) atoms. The van der Waals surface area contributed by atoms with Crippen molar-refractivity contribution in [3.05, 3.63) is 41.6 Å². The number of carbonyl (C=O) groups is 1. The van der Waals surface area contributed by atoms with Crippen LogP contribution in [0.15, 0.2) is 28.9 Å². The fourth-order valence-corrected chi connectivity index (χ4v) is 2.44. The maximum atomic E-state index is 12.3. The van der Waals surface area contributed by atoms with Crippen LogP contribution in [0.5, 0.6) is 0 Å². The first-order valence-electron chi connectivity index (χ1n) is 7.17. The zero-order valence-corrected chi connectivity index (χ0v) is 13.0. The van der Waals surface area contributed by atoms with Gasteiger partial charge >= 0.3 is 0 Å². The van der Waals surface area contributed by atoms with Crippen molar-refractivity contribution in [2.45, 2.75) is 33.7 Å². The number of nitrogens with one attached hydrogen (secondary N) is 1. The molecule has 114 valence electrons. The molecule has 6 nitrogen and oxygen atoms in total. The number of hydrogen-bond donors (Lipinski definition) is 1. The Kier molecular flexibility index (Phi) is 3.44. The standard InChI is InChI=1S/C16H18N4O2/c1-9(2)20-15-12(7-18-20)6-13(8-17-15)19-16(21)14-5-10(3)22-11(14)4/h5-9H,1-4H3,(H,19,21). The van der Waals surface area contributed by atoms with E-state index >= 15 is 0 Å². The predicted octanol–water partition coefficient (Wildman–Crippen LogP) is 3.47. The summed E-state index contributed by atoms with van der Waals surface area (Å²) in [7, 11) is 0. The highest BCUT2D eigenvalue weighted by atomic mass is 16.3. The van der Waals surface area contributed by atoms with Crippen LogP contribution in [0.25, 0.3) is 11.0 Å². The molecule has 1 amide bonds. The summed E-state index contributed by atoms with van der Waals surface area (Å²) in [6, 6.07) is 3.84. The number of furan rings is 1. The van der Waals surface area contributed by atoms with Crippen LogP contribution in [0.2, 0.25) is 0 Å². The highest BCUT2D eigenvalue weighted by Crippen LogP contribution is 2.20. The van der Waals surface area contributed by atoms with Gasteiger partial charge in [-0.05, 0) is 39.8 Å². The van der Waals surface area contributed by atoms with Crippen molar-refractivity contribution in [2.24, 2.45) is 0 Å². The molecule has 3 aromatic rings. The van der Waals surface area contributed by atoms with Gasteiger partial charge in [0.15, 0.2) is 5.65 Å². The van der Waals surface area contributed by atoms with Crippen molar-refractivity contribution in [1.82, 2.24) is 14.8 Å². The zero-order valence-electron chi connectivity index (χ0n) is 13.0. The first-order chi connectivity index (χ1) is 10.5. The summed E-state index contributed by atoms with van der Waals surface area (Å²) in [4.78, 5) is 16.7. The fraction of sp³-hybridized carbons (Fsp3) is 0.312. The quantitative estimate of drug-likeness (QED) is 0.803. The third-order valence-electron chi connectivity index (χ3n) is 3.47. The van der Waals surface area contributed by atoms with E-state index in [1.165, 1.54) is 0 Å². The van der Waals surface area contributed by atoms with Crippen LogP contribution < -0.4 is 5.32 Å². The molecular formula is C16H18N4O2. The van der Waals surface area contributed by atoms with Crippen LogP contribution in [0.3, 0.4) is 0 Å². The lowest BCUT2D eigenvalue weighted by atomic mass is 10.2. The van der Waals surface area contributed by atoms with Gasteiger partial charge in [-0.25, -0.2) is 9.67 Å². The monoisotopic (exact) mass is 298 g/mol. The maximum absolute atomic E-state index is 12.3. The van der Waals surface area contributed by atoms with Gasteiger partial charge in [0.25, 0.3) is 5.91 Å². The summed E-state index contributed by atoms with van der Waals surface area (Å²) >= 11 is 0. The molecule has 3 rings (SSSR count). The van der Waals surface area contributed by atoms with E-state index in [1.807, 2.05) is 31.5 Å². The van der Waals surface area contributed by atoms with Crippen LogP contribution in [-0.2, 0) is 0 Å². The number of aryl methyl sites for hydroxylation is 2. The summed E-state index contributed by atoms with van der Waals surface area (Å²) in [6.45, 7) is 7.69. The van der Waals surface area contributed by atoms with E-state index in [1.54, 1.807) is 25.4 Å². The molecule has 6 heteroatoms. The van der Waals surface area contributed by atoms with Crippen molar-refractivity contribution in [1.29, 1.82) is 0 Å². The molecule has 3 heterocycles. The van der Waals surface area contributed by atoms with Gasteiger partial charge in [0.1, 0.15) is 11.5 Å². The number of pyridine rings is 1. The molecule has 3 aromatic heterocycles. The Morgan fingerprint density at radius 2 is 2.05 bits per heavy atom. The van der Waals surface area contributed by atoms with E-state index in [4.69, 9.17) is 4.42 Å². The minimum absolute atomic E-state index is 0.202. The molecule has 0 bridgehead atoms. The average molecular weight is 298 g/mol. The summed E-state index contributed by atoms with van der Waals surface area (Å²) < 4.78 is 7.24. The van der Waals surface area contributed by atoms with Crippen LogP contribution in [0, 0.1) is 13.8 Å². The summed E-state index contributed by atoms with van der Waals surface area (Å²) in [5.74, 6) is 1.12. The van der Waals surface area contributed by atoms with E-state index < -0.39 is 0 Å². The van der Waals surface area contributed by atoms with E-state index in [9.17, 15) is 4.79 Å². The third-order valence-corrected chi connectivity index (χ3v) is 3.47. The van der Waals surface area contributed by atoms with Gasteiger partial charge in [-0.3, -0.25) is 4.79 Å². The lowest BCUT2D eigenvalue weighted by Gasteiger charge is -2.07. The van der Waals surface area contributed by atoms with Gasteiger partial charge in [-0.1, -0.05) is 0 Å². The van der Waals surface area contributed by atoms with Crippen molar-refractivity contribution < 1.29 is 9.21 Å². The molecule has 0 atom stereocenters. The molecule has 0 unspecified atom stereocenters. The Morgan fingerprint density at radius 1 is 1.27 bits per heavy atom. The topological polar surface area (TPSA) is 73.0 Å². The van der Waals surface area contributed by atoms with Crippen LogP contribution in [-0.4, -0.2) is 20.7 Å². The maximum Gasteiger partial charge on any atom is 0.259 e. The van der Waals surface area contributed by atoms with Gasteiger partial charge in [0, 0.05) is 11.4 Å². The largest absolute Gasteiger partial charge is 0.466 e. The van der Waals surface area contributed by atoms with E-state index in [0.717, 1.165) is 16.8 Å². The fourth-order valence-electron chi connectivity index (χ4n) is 2.44. The SMILES string of the molecule is Cc1cc(C(=O)Nc2cnc3c(cnn3C(C)C)c2)c(C)o1. The average Bonchev–Trinajstić information content (AvgIpc) is 3.01. The molecule has 1 N–H and O–H groups in total. The third kappa shape index (κ3) is 2.47. The second kappa shape index (κ2) is 5.29. The van der Waals surface area contributed by atoms with Crippen molar-refractivity contribution in [2.75, 3.05) is 5.32 Å². The Bertz CT molecular complexity index is 845. The number of carbonyl (C=O) groups excluding carboxylic acids is 1. The number of anilines is 1. The van der Waals surface area contributed by atoms with Crippen LogP contribution in [0.1, 0.15) is 41.8 Å². The molecule has 0 radical (unpaired) electrons. The normalized spacial score (nSPS) is 11.3. The molecule has 0 spiro atoms. The second-order valence-corrected chi connectivity index (χ2v) is 5.60. The molecule has 0 saturated heterocycles. The van der Waals surface area contributed by atoms with E-state index in [0.29, 0.717) is 17.0 Å². The summed E-state index contributed by atoms with van der Waals surface area (Å²) in [5, 5.41) is 8.06. The van der Waals surface area contributed by atoms with E-state index in [2.05, 4.69) is 15.4 Å². The number of nitrogens with zero attached hydrogens (tertiary/aromatic N) is 3. The van der Waals surface area contributed by atoms with Crippen molar-refractivity contribution >= 4 is 22.6 Å². The molecule has 0 aromatic carbocycles. The predicted molar refractivity (Wildman–Crippen MR) is 84.0 cm³/mol. The van der Waals surface area contributed by atoms with Crippen molar-refractivity contribution in [3.63, 3.8) is 0 Å². The smallest absolute Gasteiger partial charge is 0.259 e. The Balaban J connectivity index is 1.88. The Hall–Kier alpha value is -2.63. The van der Waals surface area contributed by atoms with E-state index in [-0.39, 0.29) is 11.9 Å². The molecule has 0 aliphatic rings. The highest BCUT2D eigenvalue weighted by molar-refractivity contribution is 6.05. The van der Waals surface area contributed by atoms with Gasteiger partial charge < -0.3 is 9.73 Å².